The van der Waals surface area contributed by atoms with Crippen molar-refractivity contribution in [1.82, 2.24) is 14.9 Å². The summed E-state index contributed by atoms with van der Waals surface area (Å²) >= 11 is 0. The van der Waals surface area contributed by atoms with Crippen LogP contribution in [0.4, 0.5) is 5.82 Å². The van der Waals surface area contributed by atoms with Crippen molar-refractivity contribution in [3.63, 3.8) is 0 Å². The second-order valence-corrected chi connectivity index (χ2v) is 10.5. The number of aromatic nitrogens is 2. The lowest BCUT2D eigenvalue weighted by molar-refractivity contribution is -0.119. The van der Waals surface area contributed by atoms with Gasteiger partial charge in [-0.05, 0) is 61.9 Å². The molecule has 196 valence electrons. The molecule has 1 fully saturated rings. The molecule has 0 spiro atoms. The van der Waals surface area contributed by atoms with Crippen molar-refractivity contribution in [1.29, 1.82) is 0 Å². The van der Waals surface area contributed by atoms with E-state index in [4.69, 9.17) is 20.4 Å². The minimum Gasteiger partial charge on any atom is -0.488 e. The summed E-state index contributed by atoms with van der Waals surface area (Å²) in [6, 6.07) is 12.8. The molecule has 4 rings (SSSR count). The van der Waals surface area contributed by atoms with Gasteiger partial charge < -0.3 is 15.4 Å². The molecule has 37 heavy (non-hydrogen) atoms. The number of ether oxygens (including phenoxy) is 1. The third kappa shape index (κ3) is 6.10. The summed E-state index contributed by atoms with van der Waals surface area (Å²) in [5, 5.41) is 0. The highest BCUT2D eigenvalue weighted by molar-refractivity contribution is 5.76. The Hall–Kier alpha value is -3.45. The van der Waals surface area contributed by atoms with E-state index in [1.54, 1.807) is 0 Å². The molecular formula is C30H39N5O2. The first kappa shape index (κ1) is 26.6. The van der Waals surface area contributed by atoms with E-state index in [1.165, 1.54) is 5.56 Å². The number of nitrogens with two attached hydrogens (primary N) is 1. The number of primary amides is 1. The Morgan fingerprint density at radius 3 is 2.49 bits per heavy atom. The predicted molar refractivity (Wildman–Crippen MR) is 149 cm³/mol. The maximum Gasteiger partial charge on any atom is 0.231 e. The molecular weight excluding hydrogens is 462 g/mol. The monoisotopic (exact) mass is 501 g/mol. The largest absolute Gasteiger partial charge is 0.488 e. The van der Waals surface area contributed by atoms with E-state index in [1.807, 2.05) is 6.20 Å². The van der Waals surface area contributed by atoms with Crippen LogP contribution in [0.15, 0.2) is 42.6 Å². The van der Waals surface area contributed by atoms with Gasteiger partial charge in [-0.3, -0.25) is 9.69 Å². The number of hydrogen-bond donors (Lipinski definition) is 1. The molecule has 1 saturated heterocycles. The Bertz CT molecular complexity index is 1250. The normalized spacial score (nSPS) is 16.3. The average Bonchev–Trinajstić information content (AvgIpc) is 2.84. The van der Waals surface area contributed by atoms with Crippen LogP contribution in [0.25, 0.3) is 11.4 Å². The topological polar surface area (TPSA) is 84.6 Å². The summed E-state index contributed by atoms with van der Waals surface area (Å²) in [7, 11) is 0. The van der Waals surface area contributed by atoms with Crippen LogP contribution in [0.3, 0.4) is 0 Å². The molecule has 3 aromatic rings. The molecule has 1 atom stereocenters. The lowest BCUT2D eigenvalue weighted by Gasteiger charge is -2.40. The van der Waals surface area contributed by atoms with Gasteiger partial charge in [-0.25, -0.2) is 9.97 Å². The third-order valence-electron chi connectivity index (χ3n) is 7.23. The van der Waals surface area contributed by atoms with Gasteiger partial charge in [-0.2, -0.15) is 0 Å². The Balaban J connectivity index is 1.68. The molecule has 1 unspecified atom stereocenters. The van der Waals surface area contributed by atoms with Crippen molar-refractivity contribution in [3.8, 4) is 17.1 Å². The number of piperazine rings is 1. The molecule has 1 amide bonds. The van der Waals surface area contributed by atoms with Gasteiger partial charge in [0.15, 0.2) is 5.82 Å². The van der Waals surface area contributed by atoms with Crippen molar-refractivity contribution >= 4 is 11.7 Å². The maximum absolute atomic E-state index is 11.5. The first-order chi connectivity index (χ1) is 17.6. The number of carbonyl (C=O) groups excluding carboxylic acids is 1. The molecule has 1 aliphatic rings. The van der Waals surface area contributed by atoms with Gasteiger partial charge in [-0.1, -0.05) is 44.2 Å². The zero-order chi connectivity index (χ0) is 26.7. The maximum atomic E-state index is 11.5. The van der Waals surface area contributed by atoms with Crippen LogP contribution >= 0.6 is 0 Å². The second kappa shape index (κ2) is 11.3. The SMILES string of the molecule is Cc1ccc(C(C)C)cc1OCc1cnc(-c2c(C)cccc2C)nc1N1CCN(CC(N)=O)C(C)C1. The molecule has 7 nitrogen and oxygen atoms in total. The van der Waals surface area contributed by atoms with Crippen LogP contribution in [0.1, 0.15) is 54.5 Å². The van der Waals surface area contributed by atoms with Crippen molar-refractivity contribution in [2.75, 3.05) is 31.1 Å². The Morgan fingerprint density at radius 2 is 1.84 bits per heavy atom. The van der Waals surface area contributed by atoms with Gasteiger partial charge in [0, 0.05) is 37.4 Å². The van der Waals surface area contributed by atoms with Gasteiger partial charge >= 0.3 is 0 Å². The van der Waals surface area contributed by atoms with Crippen LogP contribution in [-0.2, 0) is 11.4 Å². The zero-order valence-corrected chi connectivity index (χ0v) is 22.9. The summed E-state index contributed by atoms with van der Waals surface area (Å²) in [4.78, 5) is 25.8. The van der Waals surface area contributed by atoms with E-state index >= 15 is 0 Å². The number of aryl methyl sites for hydroxylation is 3. The van der Waals surface area contributed by atoms with Gasteiger partial charge in [0.05, 0.1) is 12.1 Å². The lowest BCUT2D eigenvalue weighted by Crippen LogP contribution is -2.54. The second-order valence-electron chi connectivity index (χ2n) is 10.5. The van der Waals surface area contributed by atoms with Crippen molar-refractivity contribution < 1.29 is 9.53 Å². The lowest BCUT2D eigenvalue weighted by atomic mass is 10.0. The van der Waals surface area contributed by atoms with Crippen molar-refractivity contribution in [2.24, 2.45) is 5.73 Å². The number of nitrogens with zero attached hydrogens (tertiary/aromatic N) is 4. The minimum atomic E-state index is -0.298. The van der Waals surface area contributed by atoms with Crippen LogP contribution in [0.5, 0.6) is 5.75 Å². The number of hydrogen-bond acceptors (Lipinski definition) is 6. The molecule has 2 aromatic carbocycles. The third-order valence-corrected chi connectivity index (χ3v) is 7.23. The molecule has 0 saturated carbocycles. The summed E-state index contributed by atoms with van der Waals surface area (Å²) in [6.45, 7) is 15.6. The molecule has 0 bridgehead atoms. The molecule has 2 N–H and O–H groups in total. The van der Waals surface area contributed by atoms with Crippen molar-refractivity contribution in [2.45, 2.75) is 60.1 Å². The number of benzene rings is 2. The smallest absolute Gasteiger partial charge is 0.231 e. The van der Waals surface area contributed by atoms with E-state index in [2.05, 4.69) is 87.7 Å². The van der Waals surface area contributed by atoms with E-state index in [0.717, 1.165) is 64.8 Å². The van der Waals surface area contributed by atoms with Crippen LogP contribution < -0.4 is 15.4 Å². The van der Waals surface area contributed by atoms with E-state index in [0.29, 0.717) is 12.5 Å². The standard InChI is InChI=1S/C30H39N5O2/c1-19(2)24-11-10-20(3)26(14-24)37-18-25-15-32-29(28-21(4)8-7-9-22(28)5)33-30(25)35-13-12-34(17-27(31)36)23(6)16-35/h7-11,14-15,19,23H,12-13,16-18H2,1-6H3,(H2,31,36). The fraction of sp³-hybridized carbons (Fsp3) is 0.433. The first-order valence-electron chi connectivity index (χ1n) is 13.1. The first-order valence-corrected chi connectivity index (χ1v) is 13.1. The van der Waals surface area contributed by atoms with Crippen LogP contribution in [0, 0.1) is 20.8 Å². The molecule has 7 heteroatoms. The van der Waals surface area contributed by atoms with Crippen molar-refractivity contribution in [3.05, 3.63) is 70.4 Å². The number of carbonyl (C=O) groups is 1. The Labute approximate surface area is 220 Å². The van der Waals surface area contributed by atoms with Crippen LogP contribution in [-0.4, -0.2) is 53.0 Å². The van der Waals surface area contributed by atoms with E-state index in [-0.39, 0.29) is 18.5 Å². The summed E-state index contributed by atoms with van der Waals surface area (Å²) in [6.07, 6.45) is 1.91. The van der Waals surface area contributed by atoms with Gasteiger partial charge in [0.25, 0.3) is 0 Å². The number of amides is 1. The highest BCUT2D eigenvalue weighted by Gasteiger charge is 2.27. The van der Waals surface area contributed by atoms with Gasteiger partial charge in [0.2, 0.25) is 5.91 Å². The van der Waals surface area contributed by atoms with E-state index in [9.17, 15) is 4.79 Å². The number of rotatable bonds is 8. The molecule has 0 radical (unpaired) electrons. The number of anilines is 1. The average molecular weight is 502 g/mol. The molecule has 0 aliphatic carbocycles. The fourth-order valence-corrected chi connectivity index (χ4v) is 4.97. The zero-order valence-electron chi connectivity index (χ0n) is 22.9. The minimum absolute atomic E-state index is 0.165. The van der Waals surface area contributed by atoms with Crippen LogP contribution in [0.2, 0.25) is 0 Å². The predicted octanol–water partition coefficient (Wildman–Crippen LogP) is 4.77. The fourth-order valence-electron chi connectivity index (χ4n) is 4.97. The highest BCUT2D eigenvalue weighted by atomic mass is 16.5. The molecule has 2 heterocycles. The highest BCUT2D eigenvalue weighted by Crippen LogP contribution is 2.30. The molecule has 1 aromatic heterocycles. The quantitative estimate of drug-likeness (QED) is 0.479. The summed E-state index contributed by atoms with van der Waals surface area (Å²) < 4.78 is 6.36. The Morgan fingerprint density at radius 1 is 1.11 bits per heavy atom. The Kier molecular flexibility index (Phi) is 8.13. The van der Waals surface area contributed by atoms with Gasteiger partial charge in [-0.15, -0.1) is 0 Å². The van der Waals surface area contributed by atoms with E-state index < -0.39 is 0 Å². The summed E-state index contributed by atoms with van der Waals surface area (Å²) in [5.41, 5.74) is 12.1. The van der Waals surface area contributed by atoms with Gasteiger partial charge in [0.1, 0.15) is 18.2 Å². The molecule has 1 aliphatic heterocycles. The summed E-state index contributed by atoms with van der Waals surface area (Å²) in [5.74, 6) is 2.62.